The highest BCUT2D eigenvalue weighted by Gasteiger charge is 2.10. The van der Waals surface area contributed by atoms with Gasteiger partial charge in [0.25, 0.3) is 0 Å². The van der Waals surface area contributed by atoms with Crippen LogP contribution in [0.25, 0.3) is 10.8 Å². The molecule has 0 aliphatic rings. The van der Waals surface area contributed by atoms with E-state index < -0.39 is 0 Å². The Kier molecular flexibility index (Phi) is 4.11. The normalized spacial score (nSPS) is 12.6. The van der Waals surface area contributed by atoms with Crippen LogP contribution in [0.15, 0.2) is 42.5 Å². The van der Waals surface area contributed by atoms with E-state index in [1.54, 1.807) is 7.11 Å². The summed E-state index contributed by atoms with van der Waals surface area (Å²) in [5, 5.41) is 2.35. The number of rotatable bonds is 5. The van der Waals surface area contributed by atoms with E-state index in [2.05, 4.69) is 18.2 Å². The van der Waals surface area contributed by atoms with Crippen LogP contribution < -0.4 is 0 Å². The molecular weight excluding hydrogens is 224 g/mol. The smallest absolute Gasteiger partial charge is 0.139 e. The highest BCUT2D eigenvalue weighted by molar-refractivity contribution is 5.90. The number of fused-ring (bicyclic) bond motifs is 1. The lowest BCUT2D eigenvalue weighted by molar-refractivity contribution is -0.120. The van der Waals surface area contributed by atoms with Crippen molar-refractivity contribution in [2.75, 3.05) is 7.11 Å². The van der Waals surface area contributed by atoms with Crippen LogP contribution >= 0.6 is 0 Å². The Morgan fingerprint density at radius 2 is 1.89 bits per heavy atom. The molecule has 0 bridgehead atoms. The van der Waals surface area contributed by atoms with Crippen LogP contribution in [0.3, 0.4) is 0 Å². The average Bonchev–Trinajstić information content (AvgIpc) is 2.39. The topological polar surface area (TPSA) is 26.3 Å². The fourth-order valence-electron chi connectivity index (χ4n) is 2.14. The maximum atomic E-state index is 11.9. The number of methoxy groups -OCH3 is 1. The number of benzene rings is 2. The van der Waals surface area contributed by atoms with Gasteiger partial charge in [0.1, 0.15) is 5.78 Å². The molecule has 2 rings (SSSR count). The fourth-order valence-corrected chi connectivity index (χ4v) is 2.14. The summed E-state index contributed by atoms with van der Waals surface area (Å²) in [6, 6.07) is 14.3. The summed E-state index contributed by atoms with van der Waals surface area (Å²) in [6.45, 7) is 1.92. The van der Waals surface area contributed by atoms with E-state index in [9.17, 15) is 4.79 Å². The third-order valence-electron chi connectivity index (χ3n) is 3.19. The van der Waals surface area contributed by atoms with Crippen molar-refractivity contribution in [1.82, 2.24) is 0 Å². The number of ketones is 1. The van der Waals surface area contributed by atoms with Gasteiger partial charge in [-0.2, -0.15) is 0 Å². The third-order valence-corrected chi connectivity index (χ3v) is 3.19. The molecular formula is C16H18O2. The average molecular weight is 242 g/mol. The number of carbonyl (C=O) groups is 1. The number of hydrogen-bond acceptors (Lipinski definition) is 2. The van der Waals surface area contributed by atoms with Gasteiger partial charge in [-0.15, -0.1) is 0 Å². The van der Waals surface area contributed by atoms with Crippen molar-refractivity contribution >= 4 is 16.6 Å². The third kappa shape index (κ3) is 2.96. The molecule has 1 atom stereocenters. The first kappa shape index (κ1) is 12.8. The standard InChI is InChI=1S/C16H18O2/c1-12(18-2)10-15(17)11-14-8-5-7-13-6-3-4-9-16(13)14/h3-9,12H,10-11H2,1-2H3. The molecule has 0 aromatic heterocycles. The lowest BCUT2D eigenvalue weighted by Gasteiger charge is -2.09. The molecule has 0 aliphatic carbocycles. The van der Waals surface area contributed by atoms with Crippen molar-refractivity contribution in [2.24, 2.45) is 0 Å². The van der Waals surface area contributed by atoms with Gasteiger partial charge in [-0.05, 0) is 23.3 Å². The molecule has 94 valence electrons. The lowest BCUT2D eigenvalue weighted by Crippen LogP contribution is -2.14. The van der Waals surface area contributed by atoms with Gasteiger partial charge in [-0.1, -0.05) is 42.5 Å². The first-order chi connectivity index (χ1) is 8.70. The van der Waals surface area contributed by atoms with Gasteiger partial charge < -0.3 is 4.74 Å². The van der Waals surface area contributed by atoms with Gasteiger partial charge in [0.05, 0.1) is 6.10 Å². The molecule has 0 heterocycles. The molecule has 1 unspecified atom stereocenters. The predicted molar refractivity (Wildman–Crippen MR) is 73.7 cm³/mol. The zero-order valence-electron chi connectivity index (χ0n) is 10.8. The van der Waals surface area contributed by atoms with E-state index >= 15 is 0 Å². The monoisotopic (exact) mass is 242 g/mol. The molecule has 2 aromatic carbocycles. The summed E-state index contributed by atoms with van der Waals surface area (Å²) in [7, 11) is 1.63. The zero-order valence-corrected chi connectivity index (χ0v) is 10.8. The van der Waals surface area contributed by atoms with Gasteiger partial charge in [-0.25, -0.2) is 0 Å². The van der Waals surface area contributed by atoms with Crippen molar-refractivity contribution in [2.45, 2.75) is 25.9 Å². The molecule has 18 heavy (non-hydrogen) atoms. The predicted octanol–water partition coefficient (Wildman–Crippen LogP) is 3.38. The van der Waals surface area contributed by atoms with Gasteiger partial charge in [0.15, 0.2) is 0 Å². The van der Waals surface area contributed by atoms with Gasteiger partial charge in [-0.3, -0.25) is 4.79 Å². The van der Waals surface area contributed by atoms with Crippen LogP contribution in [0.4, 0.5) is 0 Å². The maximum Gasteiger partial charge on any atom is 0.139 e. The summed E-state index contributed by atoms with van der Waals surface area (Å²) in [5.74, 6) is 0.223. The lowest BCUT2D eigenvalue weighted by atomic mass is 9.99. The molecule has 0 radical (unpaired) electrons. The van der Waals surface area contributed by atoms with E-state index in [-0.39, 0.29) is 11.9 Å². The van der Waals surface area contributed by atoms with E-state index in [4.69, 9.17) is 4.74 Å². The number of carbonyl (C=O) groups excluding carboxylic acids is 1. The maximum absolute atomic E-state index is 11.9. The number of Topliss-reactive ketones (excluding diaryl/α,β-unsaturated/α-hetero) is 1. The van der Waals surface area contributed by atoms with Gasteiger partial charge >= 0.3 is 0 Å². The summed E-state index contributed by atoms with van der Waals surface area (Å²) < 4.78 is 5.13. The second-order valence-electron chi connectivity index (χ2n) is 4.60. The second kappa shape index (κ2) is 5.78. The first-order valence-electron chi connectivity index (χ1n) is 6.22. The molecule has 0 N–H and O–H groups in total. The van der Waals surface area contributed by atoms with E-state index in [0.717, 1.165) is 5.56 Å². The number of hydrogen-bond donors (Lipinski definition) is 0. The van der Waals surface area contributed by atoms with Crippen LogP contribution in [0.1, 0.15) is 18.9 Å². The quantitative estimate of drug-likeness (QED) is 0.803. The minimum Gasteiger partial charge on any atom is -0.381 e. The minimum atomic E-state index is -0.00697. The Morgan fingerprint density at radius 1 is 1.17 bits per heavy atom. The highest BCUT2D eigenvalue weighted by atomic mass is 16.5. The van der Waals surface area contributed by atoms with E-state index in [1.165, 1.54) is 10.8 Å². The zero-order chi connectivity index (χ0) is 13.0. The van der Waals surface area contributed by atoms with Crippen LogP contribution in [0, 0.1) is 0 Å². The van der Waals surface area contributed by atoms with Crippen molar-refractivity contribution in [1.29, 1.82) is 0 Å². The highest BCUT2D eigenvalue weighted by Crippen LogP contribution is 2.19. The first-order valence-corrected chi connectivity index (χ1v) is 6.22. The van der Waals surface area contributed by atoms with Gasteiger partial charge in [0, 0.05) is 20.0 Å². The largest absolute Gasteiger partial charge is 0.381 e. The minimum absolute atomic E-state index is 0.00697. The molecule has 0 spiro atoms. The Morgan fingerprint density at radius 3 is 2.67 bits per heavy atom. The molecule has 0 saturated carbocycles. The molecule has 2 heteroatoms. The fraction of sp³-hybridized carbons (Fsp3) is 0.312. The summed E-state index contributed by atoms with van der Waals surface area (Å²) in [6.07, 6.45) is 0.946. The Bertz CT molecular complexity index is 540. The van der Waals surface area contributed by atoms with Crippen molar-refractivity contribution in [3.05, 3.63) is 48.0 Å². The van der Waals surface area contributed by atoms with E-state index in [0.29, 0.717) is 12.8 Å². The van der Waals surface area contributed by atoms with Crippen LogP contribution in [0.2, 0.25) is 0 Å². The number of ether oxygens (including phenoxy) is 1. The Labute approximate surface area is 108 Å². The van der Waals surface area contributed by atoms with Crippen LogP contribution in [-0.2, 0) is 16.0 Å². The van der Waals surface area contributed by atoms with Crippen LogP contribution in [-0.4, -0.2) is 19.0 Å². The molecule has 0 amide bonds. The van der Waals surface area contributed by atoms with E-state index in [1.807, 2.05) is 31.2 Å². The van der Waals surface area contributed by atoms with Crippen molar-refractivity contribution < 1.29 is 9.53 Å². The van der Waals surface area contributed by atoms with Crippen molar-refractivity contribution in [3.8, 4) is 0 Å². The summed E-state index contributed by atoms with van der Waals surface area (Å²) >= 11 is 0. The summed E-state index contributed by atoms with van der Waals surface area (Å²) in [4.78, 5) is 11.9. The molecule has 2 aromatic rings. The molecule has 2 nitrogen and oxygen atoms in total. The Hall–Kier alpha value is -1.67. The molecule has 0 fully saturated rings. The molecule has 0 aliphatic heterocycles. The Balaban J connectivity index is 2.19. The molecule has 0 saturated heterocycles. The SMILES string of the molecule is COC(C)CC(=O)Cc1cccc2ccccc12. The van der Waals surface area contributed by atoms with Gasteiger partial charge in [0.2, 0.25) is 0 Å². The van der Waals surface area contributed by atoms with Crippen LogP contribution in [0.5, 0.6) is 0 Å². The summed E-state index contributed by atoms with van der Waals surface area (Å²) in [5.41, 5.74) is 1.10. The van der Waals surface area contributed by atoms with Crippen molar-refractivity contribution in [3.63, 3.8) is 0 Å². The second-order valence-corrected chi connectivity index (χ2v) is 4.60.